The van der Waals surface area contributed by atoms with Gasteiger partial charge in [0.25, 0.3) is 5.56 Å². The van der Waals surface area contributed by atoms with Crippen molar-refractivity contribution in [2.75, 3.05) is 5.75 Å². The molecule has 0 aliphatic heterocycles. The largest absolute Gasteiger partial charge is 0.481 e. The van der Waals surface area contributed by atoms with Crippen LogP contribution in [0.25, 0.3) is 5.69 Å². The molecule has 0 amide bonds. The minimum Gasteiger partial charge on any atom is -0.481 e. The Morgan fingerprint density at radius 1 is 1.45 bits per heavy atom. The molecule has 0 atom stereocenters. The molecule has 1 N–H and O–H groups in total. The smallest absolute Gasteiger partial charge is 0.313 e. The molecule has 1 heterocycles. The predicted octanol–water partition coefficient (Wildman–Crippen LogP) is 2.37. The number of hydrogen-bond acceptors (Lipinski definition) is 4. The second kappa shape index (κ2) is 6.11. The van der Waals surface area contributed by atoms with Crippen molar-refractivity contribution in [1.82, 2.24) is 9.55 Å². The third kappa shape index (κ3) is 3.40. The molecule has 0 fully saturated rings. The van der Waals surface area contributed by atoms with E-state index in [0.717, 1.165) is 17.3 Å². The number of aryl methyl sites for hydroxylation is 1. The minimum absolute atomic E-state index is 0.181. The van der Waals surface area contributed by atoms with Crippen molar-refractivity contribution in [3.63, 3.8) is 0 Å². The number of carboxylic acids is 1. The highest BCUT2D eigenvalue weighted by atomic mass is 35.5. The summed E-state index contributed by atoms with van der Waals surface area (Å²) in [5.74, 6) is -1.16. The Bertz CT molecular complexity index is 715. The SMILES string of the molecule is Cc1ccc(-n2ccc(=O)nc2SCC(=O)O)c(Cl)c1. The van der Waals surface area contributed by atoms with E-state index in [4.69, 9.17) is 16.7 Å². The maximum Gasteiger partial charge on any atom is 0.313 e. The average molecular weight is 311 g/mol. The highest BCUT2D eigenvalue weighted by molar-refractivity contribution is 7.99. The summed E-state index contributed by atoms with van der Waals surface area (Å²) in [5, 5.41) is 9.54. The fraction of sp³-hybridized carbons (Fsp3) is 0.154. The fourth-order valence-electron chi connectivity index (χ4n) is 1.61. The van der Waals surface area contributed by atoms with Crippen LogP contribution < -0.4 is 5.56 Å². The lowest BCUT2D eigenvalue weighted by molar-refractivity contribution is -0.133. The summed E-state index contributed by atoms with van der Waals surface area (Å²) >= 11 is 7.16. The first kappa shape index (κ1) is 14.6. The number of rotatable bonds is 4. The Morgan fingerprint density at radius 2 is 2.20 bits per heavy atom. The van der Waals surface area contributed by atoms with Gasteiger partial charge in [-0.25, -0.2) is 0 Å². The number of benzene rings is 1. The van der Waals surface area contributed by atoms with Gasteiger partial charge in [-0.15, -0.1) is 0 Å². The number of carbonyl (C=O) groups is 1. The van der Waals surface area contributed by atoms with Gasteiger partial charge in [-0.3, -0.25) is 14.2 Å². The normalized spacial score (nSPS) is 10.5. The summed E-state index contributed by atoms with van der Waals surface area (Å²) in [6, 6.07) is 6.78. The molecule has 0 radical (unpaired) electrons. The first-order chi connectivity index (χ1) is 9.47. The summed E-state index contributed by atoms with van der Waals surface area (Å²) < 4.78 is 1.61. The maximum atomic E-state index is 11.3. The molecular weight excluding hydrogens is 300 g/mol. The first-order valence-electron chi connectivity index (χ1n) is 5.68. The minimum atomic E-state index is -0.977. The van der Waals surface area contributed by atoms with Gasteiger partial charge < -0.3 is 5.11 Å². The molecule has 2 aromatic rings. The van der Waals surface area contributed by atoms with Crippen LogP contribution >= 0.6 is 23.4 Å². The van der Waals surface area contributed by atoms with E-state index in [1.165, 1.54) is 12.3 Å². The van der Waals surface area contributed by atoms with Crippen LogP contribution in [0.5, 0.6) is 0 Å². The molecule has 5 nitrogen and oxygen atoms in total. The molecule has 1 aromatic carbocycles. The van der Waals surface area contributed by atoms with Crippen LogP contribution in [0.15, 0.2) is 40.4 Å². The van der Waals surface area contributed by atoms with E-state index in [0.29, 0.717) is 15.9 Å². The molecule has 20 heavy (non-hydrogen) atoms. The number of aromatic nitrogens is 2. The van der Waals surface area contributed by atoms with Crippen LogP contribution in [0.3, 0.4) is 0 Å². The number of carboxylic acid groups (broad SMARTS) is 1. The highest BCUT2D eigenvalue weighted by Gasteiger charge is 2.10. The van der Waals surface area contributed by atoms with Crippen LogP contribution in [0.4, 0.5) is 0 Å². The number of nitrogens with zero attached hydrogens (tertiary/aromatic N) is 2. The van der Waals surface area contributed by atoms with Crippen LogP contribution in [-0.4, -0.2) is 26.4 Å². The Morgan fingerprint density at radius 3 is 2.85 bits per heavy atom. The lowest BCUT2D eigenvalue weighted by Crippen LogP contribution is -2.13. The Hall–Kier alpha value is -1.79. The first-order valence-corrected chi connectivity index (χ1v) is 7.04. The van der Waals surface area contributed by atoms with Gasteiger partial charge in [0, 0.05) is 12.3 Å². The highest BCUT2D eigenvalue weighted by Crippen LogP contribution is 2.25. The predicted molar refractivity (Wildman–Crippen MR) is 77.9 cm³/mol. The summed E-state index contributed by atoms with van der Waals surface area (Å²) in [5.41, 5.74) is 1.24. The Labute approximate surface area is 124 Å². The van der Waals surface area contributed by atoms with Crippen LogP contribution in [0.2, 0.25) is 5.02 Å². The molecule has 0 saturated carbocycles. The van der Waals surface area contributed by atoms with E-state index in [9.17, 15) is 9.59 Å². The monoisotopic (exact) mass is 310 g/mol. The lowest BCUT2D eigenvalue weighted by Gasteiger charge is -2.12. The van der Waals surface area contributed by atoms with Gasteiger partial charge >= 0.3 is 5.97 Å². The van der Waals surface area contributed by atoms with Gasteiger partial charge in [-0.2, -0.15) is 4.98 Å². The molecular formula is C13H11ClN2O3S. The van der Waals surface area contributed by atoms with E-state index < -0.39 is 11.5 Å². The van der Waals surface area contributed by atoms with Gasteiger partial charge in [0.15, 0.2) is 5.16 Å². The van der Waals surface area contributed by atoms with Gasteiger partial charge in [0.05, 0.1) is 16.5 Å². The quantitative estimate of drug-likeness (QED) is 0.693. The number of aliphatic carboxylic acids is 1. The van der Waals surface area contributed by atoms with E-state index in [1.807, 2.05) is 13.0 Å². The zero-order valence-corrected chi connectivity index (χ0v) is 12.1. The van der Waals surface area contributed by atoms with Crippen LogP contribution in [0, 0.1) is 6.92 Å². The van der Waals surface area contributed by atoms with Gasteiger partial charge in [-0.05, 0) is 24.6 Å². The van der Waals surface area contributed by atoms with Crippen molar-refractivity contribution in [2.45, 2.75) is 12.1 Å². The second-order valence-electron chi connectivity index (χ2n) is 4.06. The van der Waals surface area contributed by atoms with Crippen LogP contribution in [0.1, 0.15) is 5.56 Å². The second-order valence-corrected chi connectivity index (χ2v) is 5.41. The third-order valence-electron chi connectivity index (χ3n) is 2.47. The van der Waals surface area contributed by atoms with Crippen molar-refractivity contribution >= 4 is 29.3 Å². The molecule has 0 saturated heterocycles. The standard InChI is InChI=1S/C13H11ClN2O3S/c1-8-2-3-10(9(14)6-8)16-5-4-11(17)15-13(16)20-7-12(18)19/h2-6H,7H2,1H3,(H,18,19). The fourth-order valence-corrected chi connectivity index (χ4v) is 2.64. The van der Waals surface area contributed by atoms with E-state index in [2.05, 4.69) is 4.98 Å². The zero-order valence-electron chi connectivity index (χ0n) is 10.5. The summed E-state index contributed by atoms with van der Waals surface area (Å²) in [6.45, 7) is 1.92. The Kier molecular flexibility index (Phi) is 4.46. The van der Waals surface area contributed by atoms with Gasteiger partial charge in [-0.1, -0.05) is 29.4 Å². The van der Waals surface area contributed by atoms with E-state index in [1.54, 1.807) is 16.7 Å². The number of hydrogen-bond donors (Lipinski definition) is 1. The molecule has 0 aliphatic rings. The van der Waals surface area contributed by atoms with E-state index >= 15 is 0 Å². The molecule has 0 bridgehead atoms. The van der Waals surface area contributed by atoms with Crippen molar-refractivity contribution < 1.29 is 9.90 Å². The molecule has 0 aliphatic carbocycles. The van der Waals surface area contributed by atoms with Crippen LogP contribution in [-0.2, 0) is 4.79 Å². The summed E-state index contributed by atoms with van der Waals surface area (Å²) in [4.78, 5) is 25.8. The maximum absolute atomic E-state index is 11.3. The van der Waals surface area contributed by atoms with Crippen molar-refractivity contribution in [3.05, 3.63) is 51.4 Å². The molecule has 0 unspecified atom stereocenters. The number of halogens is 1. The lowest BCUT2D eigenvalue weighted by atomic mass is 10.2. The molecule has 0 spiro atoms. The van der Waals surface area contributed by atoms with Crippen molar-refractivity contribution in [2.24, 2.45) is 0 Å². The topological polar surface area (TPSA) is 72.2 Å². The average Bonchev–Trinajstić information content (AvgIpc) is 2.37. The van der Waals surface area contributed by atoms with E-state index in [-0.39, 0.29) is 5.75 Å². The molecule has 2 rings (SSSR count). The third-order valence-corrected chi connectivity index (χ3v) is 3.71. The zero-order chi connectivity index (χ0) is 14.7. The van der Waals surface area contributed by atoms with Gasteiger partial charge in [0.1, 0.15) is 0 Å². The molecule has 104 valence electrons. The molecule has 7 heteroatoms. The van der Waals surface area contributed by atoms with Crippen molar-refractivity contribution in [1.29, 1.82) is 0 Å². The summed E-state index contributed by atoms with van der Waals surface area (Å²) in [6.07, 6.45) is 1.54. The summed E-state index contributed by atoms with van der Waals surface area (Å²) in [7, 11) is 0. The Balaban J connectivity index is 2.49. The molecule has 1 aromatic heterocycles. The van der Waals surface area contributed by atoms with Crippen molar-refractivity contribution in [3.8, 4) is 5.69 Å². The number of thioether (sulfide) groups is 1. The van der Waals surface area contributed by atoms with Gasteiger partial charge in [0.2, 0.25) is 0 Å².